The van der Waals surface area contributed by atoms with Crippen LogP contribution in [-0.2, 0) is 66.7 Å². The van der Waals surface area contributed by atoms with Gasteiger partial charge < -0.3 is 38.9 Å². The predicted molar refractivity (Wildman–Crippen MR) is 127 cm³/mol. The third-order valence-corrected chi connectivity index (χ3v) is 6.05. The lowest BCUT2D eigenvalue weighted by atomic mass is 9.71. The number of Topliss-reactive ketones (excluding diaryl/α,β-unsaturated/α-hetero) is 1. The lowest BCUT2D eigenvalue weighted by molar-refractivity contribution is -0.349. The van der Waals surface area contributed by atoms with E-state index in [-0.39, 0.29) is 0 Å². The molecule has 15 nitrogen and oxygen atoms in total. The summed E-state index contributed by atoms with van der Waals surface area (Å²) < 4.78 is 132. The summed E-state index contributed by atoms with van der Waals surface area (Å²) in [5.74, 6) is -29.9. The molecular formula is C24H28F7NO14. The minimum Gasteiger partial charge on any atom is -0.464 e. The molecule has 0 amide bonds. The van der Waals surface area contributed by atoms with Crippen LogP contribution in [0.1, 0.15) is 41.0 Å². The summed E-state index contributed by atoms with van der Waals surface area (Å²) in [5.41, 5.74) is 1.66. The zero-order valence-electron chi connectivity index (χ0n) is 24.7. The van der Waals surface area contributed by atoms with E-state index in [2.05, 4.69) is 9.47 Å². The molecule has 0 aliphatic carbocycles. The number of nitrogens with two attached hydrogens (primary N) is 1. The molecule has 0 bridgehead atoms. The second-order valence-electron chi connectivity index (χ2n) is 9.61. The highest BCUT2D eigenvalue weighted by Crippen LogP contribution is 2.51. The molecule has 0 aromatic carbocycles. The zero-order chi connectivity index (χ0) is 36.2. The Morgan fingerprint density at radius 3 is 1.74 bits per heavy atom. The summed E-state index contributed by atoms with van der Waals surface area (Å²) in [6, 6.07) is 0. The van der Waals surface area contributed by atoms with Gasteiger partial charge in [0.05, 0.1) is 13.5 Å². The van der Waals surface area contributed by atoms with Gasteiger partial charge in [0.15, 0.2) is 12.2 Å². The Bertz CT molecular complexity index is 1240. The SMILES string of the molecule is COC(=O)[C@]1(OC(C)=O)C[C@H](OC(C)=O)[C@](N)(C(=O)C(F)(F)C(F)(F)C(F)(F)F)[C@H]([C@H](OC(C)=O)[C@@H](COC(C)=O)OC(C)=O)O1. The number of carbonyl (C=O) groups is 7. The third-order valence-electron chi connectivity index (χ3n) is 6.05. The number of carbonyl (C=O) groups excluding carboxylic acids is 7. The van der Waals surface area contributed by atoms with E-state index in [9.17, 15) is 55.5 Å². The number of hydrogen-bond acceptors (Lipinski definition) is 15. The molecule has 22 heteroatoms. The van der Waals surface area contributed by atoms with Gasteiger partial charge in [0.2, 0.25) is 5.78 Å². The second kappa shape index (κ2) is 14.1. The highest BCUT2D eigenvalue weighted by molar-refractivity contribution is 5.97. The van der Waals surface area contributed by atoms with Gasteiger partial charge in [0.25, 0.3) is 0 Å². The number of hydrogen-bond donors (Lipinski definition) is 1. The van der Waals surface area contributed by atoms with Gasteiger partial charge in [-0.2, -0.15) is 30.7 Å². The number of rotatable bonds is 12. The largest absolute Gasteiger partial charge is 0.464 e. The average molecular weight is 687 g/mol. The monoisotopic (exact) mass is 687 g/mol. The van der Waals surface area contributed by atoms with Crippen LogP contribution in [0.2, 0.25) is 0 Å². The molecule has 1 rings (SSSR count). The molecule has 0 aromatic rings. The molecule has 1 aliphatic heterocycles. The van der Waals surface area contributed by atoms with Crippen LogP contribution in [0.4, 0.5) is 30.7 Å². The summed E-state index contributed by atoms with van der Waals surface area (Å²) in [5, 5.41) is 0. The highest BCUT2D eigenvalue weighted by Gasteiger charge is 2.81. The van der Waals surface area contributed by atoms with Gasteiger partial charge in [-0.3, -0.25) is 28.8 Å². The van der Waals surface area contributed by atoms with Gasteiger partial charge >= 0.3 is 59.6 Å². The Morgan fingerprint density at radius 2 is 1.35 bits per heavy atom. The van der Waals surface area contributed by atoms with Crippen LogP contribution < -0.4 is 5.73 Å². The minimum atomic E-state index is -7.19. The number of ether oxygens (including phenoxy) is 7. The first-order valence-corrected chi connectivity index (χ1v) is 12.5. The van der Waals surface area contributed by atoms with Crippen molar-refractivity contribution in [3.8, 4) is 0 Å². The zero-order valence-corrected chi connectivity index (χ0v) is 24.7. The molecule has 6 atom stereocenters. The third kappa shape index (κ3) is 8.19. The number of alkyl halides is 7. The first kappa shape index (κ1) is 39.9. The highest BCUT2D eigenvalue weighted by atomic mass is 19.4. The lowest BCUT2D eigenvalue weighted by Gasteiger charge is -2.52. The van der Waals surface area contributed by atoms with Crippen molar-refractivity contribution in [2.75, 3.05) is 13.7 Å². The van der Waals surface area contributed by atoms with Crippen LogP contribution in [0.25, 0.3) is 0 Å². The Morgan fingerprint density at radius 1 is 0.826 bits per heavy atom. The summed E-state index contributed by atoms with van der Waals surface area (Å²) >= 11 is 0. The smallest absolute Gasteiger partial charge is 0.460 e. The van der Waals surface area contributed by atoms with E-state index in [1.54, 1.807) is 0 Å². The molecule has 1 heterocycles. The van der Waals surface area contributed by atoms with Crippen molar-refractivity contribution in [1.82, 2.24) is 0 Å². The van der Waals surface area contributed by atoms with Crippen molar-refractivity contribution in [2.24, 2.45) is 5.73 Å². The fraction of sp³-hybridized carbons (Fsp3) is 0.708. The molecule has 0 spiro atoms. The van der Waals surface area contributed by atoms with E-state index in [0.717, 1.165) is 6.92 Å². The van der Waals surface area contributed by atoms with Crippen molar-refractivity contribution in [1.29, 1.82) is 0 Å². The van der Waals surface area contributed by atoms with Crippen LogP contribution >= 0.6 is 0 Å². The van der Waals surface area contributed by atoms with Gasteiger partial charge in [-0.1, -0.05) is 0 Å². The van der Waals surface area contributed by atoms with Crippen molar-refractivity contribution < 1.29 is 97.5 Å². The predicted octanol–water partition coefficient (Wildman–Crippen LogP) is 0.665. The topological polar surface area (TPSA) is 210 Å². The number of methoxy groups -OCH3 is 1. The van der Waals surface area contributed by atoms with E-state index < -0.39 is 108 Å². The molecular weight excluding hydrogens is 659 g/mol. The molecule has 2 N–H and O–H groups in total. The summed E-state index contributed by atoms with van der Waals surface area (Å²) in [6.45, 7) is 1.90. The van der Waals surface area contributed by atoms with E-state index in [1.807, 2.05) is 0 Å². The standard InChI is InChI=1S/C24H28F7NO14/c1-9(33)41-8-14(42-10(2)34)16(44-12(4)36)17-21(32,18(38)22(25,26)23(27,28)24(29,30)31)15(43-11(3)35)7-20(46-17,19(39)40-6)45-13(5)37/h14-17H,7-8,32H2,1-6H3/t14-,15+,16-,17+,20+,21-/m1/s1. The van der Waals surface area contributed by atoms with Crippen molar-refractivity contribution in [2.45, 2.75) is 94.8 Å². The van der Waals surface area contributed by atoms with Gasteiger partial charge in [0, 0.05) is 34.6 Å². The molecule has 1 aliphatic rings. The van der Waals surface area contributed by atoms with Gasteiger partial charge in [-0.15, -0.1) is 0 Å². The molecule has 0 aromatic heterocycles. The molecule has 46 heavy (non-hydrogen) atoms. The Labute approximate surface area is 254 Å². The fourth-order valence-electron chi connectivity index (χ4n) is 4.25. The molecule has 262 valence electrons. The van der Waals surface area contributed by atoms with Gasteiger partial charge in [-0.05, 0) is 0 Å². The summed E-state index contributed by atoms with van der Waals surface area (Å²) in [7, 11) is 0.617. The second-order valence-corrected chi connectivity index (χ2v) is 9.61. The van der Waals surface area contributed by atoms with Crippen LogP contribution in [-0.4, -0.2) is 109 Å². The van der Waals surface area contributed by atoms with Crippen LogP contribution in [0.3, 0.4) is 0 Å². The van der Waals surface area contributed by atoms with Gasteiger partial charge in [0.1, 0.15) is 24.4 Å². The maximum absolute atomic E-state index is 15.1. The van der Waals surface area contributed by atoms with Crippen LogP contribution in [0.5, 0.6) is 0 Å². The Kier molecular flexibility index (Phi) is 12.3. The van der Waals surface area contributed by atoms with Crippen LogP contribution in [0, 0.1) is 0 Å². The minimum absolute atomic E-state index is 0.509. The molecule has 0 saturated carbocycles. The fourth-order valence-corrected chi connectivity index (χ4v) is 4.25. The Hall–Kier alpha value is -4.08. The first-order valence-electron chi connectivity index (χ1n) is 12.5. The normalized spacial score (nSPS) is 24.8. The maximum Gasteiger partial charge on any atom is 0.460 e. The molecule has 0 unspecified atom stereocenters. The number of esters is 6. The van der Waals surface area contributed by atoms with Crippen molar-refractivity contribution >= 4 is 41.6 Å². The summed E-state index contributed by atoms with van der Waals surface area (Å²) in [4.78, 5) is 85.8. The van der Waals surface area contributed by atoms with E-state index >= 15 is 8.78 Å². The van der Waals surface area contributed by atoms with Crippen molar-refractivity contribution in [3.63, 3.8) is 0 Å². The lowest BCUT2D eigenvalue weighted by Crippen LogP contribution is -2.81. The maximum atomic E-state index is 15.1. The molecule has 1 saturated heterocycles. The quantitative estimate of drug-likeness (QED) is 0.170. The Balaban J connectivity index is 4.38. The number of ketones is 1. The van der Waals surface area contributed by atoms with E-state index in [4.69, 9.17) is 29.4 Å². The first-order chi connectivity index (χ1) is 20.7. The van der Waals surface area contributed by atoms with Crippen molar-refractivity contribution in [3.05, 3.63) is 0 Å². The van der Waals surface area contributed by atoms with Gasteiger partial charge in [-0.25, -0.2) is 4.79 Å². The van der Waals surface area contributed by atoms with E-state index in [1.165, 1.54) is 0 Å². The summed E-state index contributed by atoms with van der Waals surface area (Å²) in [6.07, 6.45) is -20.2. The van der Waals surface area contributed by atoms with E-state index in [0.29, 0.717) is 34.8 Å². The average Bonchev–Trinajstić information content (AvgIpc) is 2.88. The molecule has 1 fully saturated rings. The number of halogens is 7. The van der Waals surface area contributed by atoms with Crippen LogP contribution in [0.15, 0.2) is 0 Å². The molecule has 0 radical (unpaired) electrons.